The Balaban J connectivity index is 1.70. The molecule has 2 fully saturated rings. The molecule has 2 unspecified atom stereocenters. The largest absolute Gasteiger partial charge is 0.480 e. The van der Waals surface area contributed by atoms with E-state index in [9.17, 15) is 9.59 Å². The van der Waals surface area contributed by atoms with Crippen LogP contribution >= 0.6 is 15.9 Å². The van der Waals surface area contributed by atoms with Gasteiger partial charge in [-0.05, 0) is 42.9 Å². The molecule has 23 heavy (non-hydrogen) atoms. The number of hydrogen-bond acceptors (Lipinski definition) is 3. The van der Waals surface area contributed by atoms with Gasteiger partial charge in [0.05, 0.1) is 0 Å². The summed E-state index contributed by atoms with van der Waals surface area (Å²) in [5.41, 5.74) is 1.14. The lowest BCUT2D eigenvalue weighted by atomic mass is 10.0. The molecule has 1 aromatic carbocycles. The van der Waals surface area contributed by atoms with Crippen LogP contribution in [0.3, 0.4) is 0 Å². The predicted molar refractivity (Wildman–Crippen MR) is 88.2 cm³/mol. The number of rotatable bonds is 5. The number of amides is 1. The van der Waals surface area contributed by atoms with E-state index in [2.05, 4.69) is 15.9 Å². The van der Waals surface area contributed by atoms with Gasteiger partial charge in [-0.25, -0.2) is 0 Å². The fourth-order valence-corrected chi connectivity index (χ4v) is 3.73. The second kappa shape index (κ2) is 7.01. The van der Waals surface area contributed by atoms with Crippen LogP contribution in [0.15, 0.2) is 28.7 Å². The van der Waals surface area contributed by atoms with Crippen LogP contribution in [-0.2, 0) is 14.3 Å². The molecule has 3 rings (SSSR count). The monoisotopic (exact) mass is 381 g/mol. The van der Waals surface area contributed by atoms with Crippen LogP contribution in [0.2, 0.25) is 0 Å². The van der Waals surface area contributed by atoms with Gasteiger partial charge in [0.15, 0.2) is 0 Å². The molecule has 0 aromatic heterocycles. The van der Waals surface area contributed by atoms with E-state index in [1.807, 2.05) is 24.3 Å². The maximum absolute atomic E-state index is 12.8. The van der Waals surface area contributed by atoms with Crippen molar-refractivity contribution in [2.75, 3.05) is 19.8 Å². The first kappa shape index (κ1) is 16.5. The number of carboxylic acids is 1. The van der Waals surface area contributed by atoms with E-state index in [0.29, 0.717) is 26.1 Å². The fraction of sp³-hybridized carbons (Fsp3) is 0.529. The van der Waals surface area contributed by atoms with Crippen LogP contribution in [0.5, 0.6) is 0 Å². The predicted octanol–water partition coefficient (Wildman–Crippen LogP) is 2.64. The van der Waals surface area contributed by atoms with Crippen molar-refractivity contribution in [1.82, 2.24) is 4.90 Å². The van der Waals surface area contributed by atoms with Crippen molar-refractivity contribution in [3.63, 3.8) is 0 Å². The summed E-state index contributed by atoms with van der Waals surface area (Å²) in [6.45, 7) is 0.965. The van der Waals surface area contributed by atoms with Gasteiger partial charge in [0.25, 0.3) is 0 Å². The third kappa shape index (κ3) is 3.93. The molecule has 1 saturated heterocycles. The number of hydrogen-bond donors (Lipinski definition) is 1. The molecule has 1 amide bonds. The SMILES string of the molecule is O=C(O)CN(C(=O)C1CC1c1cccc(Br)c1)C1CCOCC1. The van der Waals surface area contributed by atoms with Crippen LogP contribution in [0.25, 0.3) is 0 Å². The fourth-order valence-electron chi connectivity index (χ4n) is 3.32. The molecule has 2 aliphatic rings. The highest BCUT2D eigenvalue weighted by Crippen LogP contribution is 2.49. The van der Waals surface area contributed by atoms with Gasteiger partial charge in [0, 0.05) is 29.6 Å². The molecule has 1 N–H and O–H groups in total. The maximum atomic E-state index is 12.8. The minimum Gasteiger partial charge on any atom is -0.480 e. The summed E-state index contributed by atoms with van der Waals surface area (Å²) >= 11 is 3.45. The topological polar surface area (TPSA) is 66.8 Å². The minimum atomic E-state index is -0.954. The van der Waals surface area contributed by atoms with E-state index in [-0.39, 0.29) is 30.3 Å². The van der Waals surface area contributed by atoms with Gasteiger partial charge >= 0.3 is 5.97 Å². The van der Waals surface area contributed by atoms with Crippen LogP contribution in [0.4, 0.5) is 0 Å². The summed E-state index contributed by atoms with van der Waals surface area (Å²) in [4.78, 5) is 25.5. The maximum Gasteiger partial charge on any atom is 0.323 e. The van der Waals surface area contributed by atoms with E-state index < -0.39 is 5.97 Å². The lowest BCUT2D eigenvalue weighted by Crippen LogP contribution is -2.46. The molecule has 124 valence electrons. The van der Waals surface area contributed by atoms with Gasteiger partial charge in [-0.3, -0.25) is 9.59 Å². The summed E-state index contributed by atoms with van der Waals surface area (Å²) in [6.07, 6.45) is 2.23. The van der Waals surface area contributed by atoms with E-state index >= 15 is 0 Å². The summed E-state index contributed by atoms with van der Waals surface area (Å²) in [7, 11) is 0. The first-order chi connectivity index (χ1) is 11.1. The van der Waals surface area contributed by atoms with Gasteiger partial charge in [-0.15, -0.1) is 0 Å². The number of benzene rings is 1. The molecular formula is C17H20BrNO4. The summed E-state index contributed by atoms with van der Waals surface area (Å²) < 4.78 is 6.32. The number of ether oxygens (including phenoxy) is 1. The third-order valence-electron chi connectivity index (χ3n) is 4.60. The number of carboxylic acid groups (broad SMARTS) is 1. The van der Waals surface area contributed by atoms with Crippen molar-refractivity contribution in [1.29, 1.82) is 0 Å². The molecule has 0 spiro atoms. The average molecular weight is 382 g/mol. The average Bonchev–Trinajstić information content (AvgIpc) is 3.33. The summed E-state index contributed by atoms with van der Waals surface area (Å²) in [5.74, 6) is -0.864. The zero-order valence-corrected chi connectivity index (χ0v) is 14.4. The van der Waals surface area contributed by atoms with Crippen molar-refractivity contribution in [2.45, 2.75) is 31.2 Å². The van der Waals surface area contributed by atoms with Gasteiger partial charge in [0.2, 0.25) is 5.91 Å². The summed E-state index contributed by atoms with van der Waals surface area (Å²) in [6, 6.07) is 7.97. The second-order valence-electron chi connectivity index (χ2n) is 6.21. The highest BCUT2D eigenvalue weighted by atomic mass is 79.9. The third-order valence-corrected chi connectivity index (χ3v) is 5.10. The molecule has 6 heteroatoms. The van der Waals surface area contributed by atoms with E-state index in [4.69, 9.17) is 9.84 Å². The van der Waals surface area contributed by atoms with E-state index in [0.717, 1.165) is 16.5 Å². The van der Waals surface area contributed by atoms with Crippen molar-refractivity contribution in [3.8, 4) is 0 Å². The molecule has 1 heterocycles. The Labute approximate surface area is 143 Å². The molecule has 5 nitrogen and oxygen atoms in total. The molecule has 1 aliphatic carbocycles. The Hall–Kier alpha value is -1.40. The molecule has 1 aromatic rings. The zero-order chi connectivity index (χ0) is 16.4. The van der Waals surface area contributed by atoms with Crippen LogP contribution in [0.1, 0.15) is 30.7 Å². The Morgan fingerprint density at radius 2 is 2.04 bits per heavy atom. The minimum absolute atomic E-state index is 0.0175. The van der Waals surface area contributed by atoms with Crippen LogP contribution < -0.4 is 0 Å². The quantitative estimate of drug-likeness (QED) is 0.851. The Bertz CT molecular complexity index is 600. The first-order valence-corrected chi connectivity index (χ1v) is 8.71. The van der Waals surface area contributed by atoms with Crippen LogP contribution in [0, 0.1) is 5.92 Å². The number of carbonyl (C=O) groups excluding carboxylic acids is 1. The number of halogens is 1. The lowest BCUT2D eigenvalue weighted by molar-refractivity contribution is -0.148. The van der Waals surface area contributed by atoms with E-state index in [1.165, 1.54) is 0 Å². The first-order valence-electron chi connectivity index (χ1n) is 7.91. The van der Waals surface area contributed by atoms with Crippen molar-refractivity contribution < 1.29 is 19.4 Å². The van der Waals surface area contributed by atoms with Gasteiger partial charge in [-0.1, -0.05) is 28.1 Å². The van der Waals surface area contributed by atoms with Crippen molar-refractivity contribution in [3.05, 3.63) is 34.3 Å². The zero-order valence-electron chi connectivity index (χ0n) is 12.8. The summed E-state index contributed by atoms with van der Waals surface area (Å²) in [5, 5.41) is 9.15. The number of nitrogens with zero attached hydrogens (tertiary/aromatic N) is 1. The lowest BCUT2D eigenvalue weighted by Gasteiger charge is -2.33. The molecule has 0 radical (unpaired) electrons. The Morgan fingerprint density at radius 1 is 1.30 bits per heavy atom. The number of carbonyl (C=O) groups is 2. The smallest absolute Gasteiger partial charge is 0.323 e. The normalized spacial score (nSPS) is 24.2. The second-order valence-corrected chi connectivity index (χ2v) is 7.12. The standard InChI is InChI=1S/C17H20BrNO4/c18-12-3-1-2-11(8-12)14-9-15(14)17(22)19(10-16(20)21)13-4-6-23-7-5-13/h1-3,8,13-15H,4-7,9-10H2,(H,20,21). The molecular weight excluding hydrogens is 362 g/mol. The molecule has 0 bridgehead atoms. The Morgan fingerprint density at radius 3 is 2.70 bits per heavy atom. The molecule has 1 saturated carbocycles. The van der Waals surface area contributed by atoms with Gasteiger partial charge in [-0.2, -0.15) is 0 Å². The molecule has 2 atom stereocenters. The van der Waals surface area contributed by atoms with Crippen molar-refractivity contribution >= 4 is 27.8 Å². The van der Waals surface area contributed by atoms with E-state index in [1.54, 1.807) is 4.90 Å². The van der Waals surface area contributed by atoms with Crippen LogP contribution in [-0.4, -0.2) is 47.7 Å². The number of aliphatic carboxylic acids is 1. The Kier molecular flexibility index (Phi) is 5.02. The molecule has 1 aliphatic heterocycles. The van der Waals surface area contributed by atoms with Crippen molar-refractivity contribution in [2.24, 2.45) is 5.92 Å². The highest BCUT2D eigenvalue weighted by Gasteiger charge is 2.47. The van der Waals surface area contributed by atoms with Gasteiger partial charge < -0.3 is 14.7 Å². The highest BCUT2D eigenvalue weighted by molar-refractivity contribution is 9.10. The van der Waals surface area contributed by atoms with Gasteiger partial charge in [0.1, 0.15) is 6.54 Å².